The lowest BCUT2D eigenvalue weighted by molar-refractivity contribution is 0.0508. The third-order valence-corrected chi connectivity index (χ3v) is 1.80. The largest absolute Gasteiger partial charge is 0.468 e. The molecule has 0 saturated heterocycles. The van der Waals surface area contributed by atoms with Gasteiger partial charge in [0.25, 0.3) is 0 Å². The molecule has 1 unspecified atom stereocenters. The standard InChI is InChI=1S/C11H17NO3/c1-12-7-11(13)9-4-3-5-10(6-9)15-8-14-2/h3-6,11-13H,7-8H2,1-2H3/i7D2. The number of hydrogen-bond donors (Lipinski definition) is 2. The van der Waals surface area contributed by atoms with E-state index in [1.807, 2.05) is 0 Å². The molecule has 0 aliphatic carbocycles. The van der Waals surface area contributed by atoms with Crippen LogP contribution in [0.25, 0.3) is 0 Å². The molecule has 0 amide bonds. The maximum atomic E-state index is 9.87. The smallest absolute Gasteiger partial charge is 0.188 e. The Hall–Kier alpha value is -1.10. The van der Waals surface area contributed by atoms with Gasteiger partial charge < -0.3 is 19.9 Å². The van der Waals surface area contributed by atoms with Crippen LogP contribution in [0.4, 0.5) is 0 Å². The highest BCUT2D eigenvalue weighted by Gasteiger charge is 2.06. The van der Waals surface area contributed by atoms with E-state index in [1.54, 1.807) is 24.3 Å². The first-order chi connectivity index (χ1) is 8.01. The Morgan fingerprint density at radius 1 is 1.60 bits per heavy atom. The van der Waals surface area contributed by atoms with Crippen LogP contribution in [0.5, 0.6) is 5.75 Å². The Morgan fingerprint density at radius 3 is 3.07 bits per heavy atom. The lowest BCUT2D eigenvalue weighted by atomic mass is 10.1. The van der Waals surface area contributed by atoms with E-state index in [0.717, 1.165) is 0 Å². The van der Waals surface area contributed by atoms with E-state index in [0.29, 0.717) is 11.3 Å². The molecular formula is C11H17NO3. The average molecular weight is 213 g/mol. The van der Waals surface area contributed by atoms with Gasteiger partial charge in [-0.3, -0.25) is 0 Å². The maximum absolute atomic E-state index is 9.87. The Kier molecular flexibility index (Phi) is 3.90. The molecule has 0 saturated carbocycles. The molecule has 0 aliphatic rings. The number of hydrogen-bond acceptors (Lipinski definition) is 4. The van der Waals surface area contributed by atoms with Gasteiger partial charge in [-0.05, 0) is 24.7 Å². The second-order valence-corrected chi connectivity index (χ2v) is 2.92. The zero-order valence-electron chi connectivity index (χ0n) is 10.9. The summed E-state index contributed by atoms with van der Waals surface area (Å²) < 4.78 is 25.1. The first kappa shape index (κ1) is 9.15. The summed E-state index contributed by atoms with van der Waals surface area (Å²) in [6, 6.07) is 6.62. The molecule has 1 aromatic rings. The zero-order valence-corrected chi connectivity index (χ0v) is 8.86. The van der Waals surface area contributed by atoms with Crippen molar-refractivity contribution in [2.24, 2.45) is 0 Å². The third kappa shape index (κ3) is 3.87. The quantitative estimate of drug-likeness (QED) is 0.690. The van der Waals surface area contributed by atoms with Crippen molar-refractivity contribution in [2.45, 2.75) is 6.10 Å². The molecule has 4 heteroatoms. The summed E-state index contributed by atoms with van der Waals surface area (Å²) in [6.45, 7) is -1.78. The fourth-order valence-corrected chi connectivity index (χ4v) is 1.12. The molecule has 0 radical (unpaired) electrons. The van der Waals surface area contributed by atoms with Crippen LogP contribution >= 0.6 is 0 Å². The van der Waals surface area contributed by atoms with E-state index in [1.165, 1.54) is 14.2 Å². The van der Waals surface area contributed by atoms with Gasteiger partial charge in [0, 0.05) is 16.3 Å². The second kappa shape index (κ2) is 6.40. The SMILES string of the molecule is [2H]C([2H])(NC)C(O)c1cccc(OCOC)c1. The number of nitrogens with one attached hydrogen (secondary N) is 1. The highest BCUT2D eigenvalue weighted by atomic mass is 16.7. The molecule has 0 aromatic heterocycles. The Labute approximate surface area is 92.6 Å². The molecule has 15 heavy (non-hydrogen) atoms. The number of benzene rings is 1. The molecule has 0 spiro atoms. The average Bonchev–Trinajstić information content (AvgIpc) is 2.35. The molecule has 1 rings (SSSR count). The molecule has 2 N–H and O–H groups in total. The minimum Gasteiger partial charge on any atom is -0.468 e. The first-order valence-electron chi connectivity index (χ1n) is 5.60. The summed E-state index contributed by atoms with van der Waals surface area (Å²) in [5.41, 5.74) is 0.443. The predicted octanol–water partition coefficient (Wildman–Crippen LogP) is 0.922. The number of likely N-dealkylation sites (N-methyl/N-ethyl adjacent to an activating group) is 1. The summed E-state index contributed by atoms with van der Waals surface area (Å²) in [4.78, 5) is 0. The predicted molar refractivity (Wildman–Crippen MR) is 57.8 cm³/mol. The fraction of sp³-hybridized carbons (Fsp3) is 0.455. The highest BCUT2D eigenvalue weighted by molar-refractivity contribution is 5.29. The van der Waals surface area contributed by atoms with Crippen molar-refractivity contribution >= 4 is 0 Å². The summed E-state index contributed by atoms with van der Waals surface area (Å²) in [5.74, 6) is 0.523. The second-order valence-electron chi connectivity index (χ2n) is 2.92. The van der Waals surface area contributed by atoms with E-state index in [-0.39, 0.29) is 6.79 Å². The maximum Gasteiger partial charge on any atom is 0.188 e. The Bertz CT molecular complexity index is 360. The zero-order chi connectivity index (χ0) is 12.9. The van der Waals surface area contributed by atoms with Crippen LogP contribution in [0, 0.1) is 0 Å². The van der Waals surface area contributed by atoms with E-state index < -0.39 is 12.6 Å². The van der Waals surface area contributed by atoms with Gasteiger partial charge >= 0.3 is 0 Å². The molecule has 0 fully saturated rings. The van der Waals surface area contributed by atoms with Gasteiger partial charge in [0.1, 0.15) is 5.75 Å². The van der Waals surface area contributed by atoms with Crippen molar-refractivity contribution < 1.29 is 17.3 Å². The van der Waals surface area contributed by atoms with Crippen molar-refractivity contribution in [2.75, 3.05) is 27.4 Å². The minimum atomic E-state index is -1.89. The third-order valence-electron chi connectivity index (χ3n) is 1.80. The molecule has 0 bridgehead atoms. The van der Waals surface area contributed by atoms with Crippen LogP contribution in [0.3, 0.4) is 0 Å². The topological polar surface area (TPSA) is 50.7 Å². The molecular weight excluding hydrogens is 194 g/mol. The van der Waals surface area contributed by atoms with Crippen LogP contribution < -0.4 is 10.1 Å². The van der Waals surface area contributed by atoms with Crippen molar-refractivity contribution in [3.05, 3.63) is 29.8 Å². The van der Waals surface area contributed by atoms with E-state index in [2.05, 4.69) is 5.32 Å². The monoisotopic (exact) mass is 213 g/mol. The number of rotatable bonds is 6. The number of ether oxygens (including phenoxy) is 2. The Morgan fingerprint density at radius 2 is 2.40 bits per heavy atom. The molecule has 4 nitrogen and oxygen atoms in total. The van der Waals surface area contributed by atoms with Gasteiger partial charge in [0.2, 0.25) is 0 Å². The van der Waals surface area contributed by atoms with Crippen LogP contribution in [0.1, 0.15) is 14.4 Å². The van der Waals surface area contributed by atoms with Crippen molar-refractivity contribution in [3.63, 3.8) is 0 Å². The van der Waals surface area contributed by atoms with Gasteiger partial charge in [0.15, 0.2) is 6.79 Å². The van der Waals surface area contributed by atoms with Crippen LogP contribution in [0.2, 0.25) is 0 Å². The van der Waals surface area contributed by atoms with Gasteiger partial charge in [-0.25, -0.2) is 0 Å². The van der Waals surface area contributed by atoms with E-state index in [9.17, 15) is 5.11 Å². The number of aliphatic hydroxyl groups excluding tert-OH is 1. The first-order valence-corrected chi connectivity index (χ1v) is 4.60. The lowest BCUT2D eigenvalue weighted by Gasteiger charge is -2.12. The van der Waals surface area contributed by atoms with Crippen molar-refractivity contribution in [1.82, 2.24) is 5.32 Å². The highest BCUT2D eigenvalue weighted by Crippen LogP contribution is 2.18. The van der Waals surface area contributed by atoms with E-state index in [4.69, 9.17) is 12.2 Å². The normalized spacial score (nSPS) is 15.4. The van der Waals surface area contributed by atoms with Crippen molar-refractivity contribution in [3.8, 4) is 5.75 Å². The summed E-state index contributed by atoms with van der Waals surface area (Å²) in [6.07, 6.45) is -1.27. The molecule has 1 atom stereocenters. The molecule has 1 aromatic carbocycles. The number of methoxy groups -OCH3 is 1. The van der Waals surface area contributed by atoms with Crippen molar-refractivity contribution in [1.29, 1.82) is 0 Å². The number of aliphatic hydroxyl groups is 1. The van der Waals surface area contributed by atoms with Gasteiger partial charge in [-0.2, -0.15) is 0 Å². The molecule has 84 valence electrons. The van der Waals surface area contributed by atoms with E-state index >= 15 is 0 Å². The van der Waals surface area contributed by atoms with Crippen LogP contribution in [0.15, 0.2) is 24.3 Å². The Balaban J connectivity index is 2.84. The minimum absolute atomic E-state index is 0.110. The summed E-state index contributed by atoms with van der Waals surface area (Å²) in [7, 11) is 2.97. The summed E-state index contributed by atoms with van der Waals surface area (Å²) in [5, 5.41) is 12.3. The van der Waals surface area contributed by atoms with Gasteiger partial charge in [-0.1, -0.05) is 12.1 Å². The van der Waals surface area contributed by atoms with Crippen LogP contribution in [-0.2, 0) is 4.74 Å². The molecule has 0 aliphatic heterocycles. The fourth-order valence-electron chi connectivity index (χ4n) is 1.12. The van der Waals surface area contributed by atoms with Gasteiger partial charge in [0.05, 0.1) is 6.10 Å². The molecule has 0 heterocycles. The van der Waals surface area contributed by atoms with Crippen LogP contribution in [-0.4, -0.2) is 32.6 Å². The summed E-state index contributed by atoms with van der Waals surface area (Å²) >= 11 is 0. The van der Waals surface area contributed by atoms with Gasteiger partial charge in [-0.15, -0.1) is 0 Å². The lowest BCUT2D eigenvalue weighted by Crippen LogP contribution is -2.16.